The van der Waals surface area contributed by atoms with E-state index in [1.54, 1.807) is 0 Å². The maximum absolute atomic E-state index is 13.0. The van der Waals surface area contributed by atoms with E-state index in [0.29, 0.717) is 24.0 Å². The molecule has 0 aromatic rings. The Labute approximate surface area is 220 Å². The Bertz CT molecular complexity index is 926. The van der Waals surface area contributed by atoms with E-state index in [9.17, 15) is 14.7 Å². The third kappa shape index (κ3) is 4.03. The van der Waals surface area contributed by atoms with Gasteiger partial charge in [-0.15, -0.1) is 0 Å². The number of hydrogen-bond donors (Lipinski definition) is 1. The Morgan fingerprint density at radius 2 is 1.67 bits per heavy atom. The number of aliphatic hydroxyl groups is 1. The first-order valence-electron chi connectivity index (χ1n) is 14.6. The summed E-state index contributed by atoms with van der Waals surface area (Å²) in [7, 11) is 0. The maximum Gasteiger partial charge on any atom is 0.302 e. The zero-order valence-electron chi connectivity index (χ0n) is 24.5. The number of Topliss-reactive ketones (excluding diaryl/α,β-unsaturated/α-hetero) is 1. The summed E-state index contributed by atoms with van der Waals surface area (Å²) in [5.74, 6) is 1.24. The second-order valence-corrected chi connectivity index (χ2v) is 14.9. The van der Waals surface area contributed by atoms with Crippen LogP contribution in [0.25, 0.3) is 0 Å². The van der Waals surface area contributed by atoms with Crippen LogP contribution in [0.15, 0.2) is 11.6 Å². The molecule has 0 aromatic heterocycles. The molecule has 4 rings (SSSR count). The van der Waals surface area contributed by atoms with Crippen LogP contribution in [-0.2, 0) is 14.3 Å². The van der Waals surface area contributed by atoms with Crippen LogP contribution in [0.5, 0.6) is 0 Å². The molecular formula is C32H52O4. The first-order chi connectivity index (χ1) is 16.5. The second kappa shape index (κ2) is 8.95. The van der Waals surface area contributed by atoms with Crippen LogP contribution >= 0.6 is 0 Å². The number of rotatable bonds is 5. The predicted octanol–water partition coefficient (Wildman–Crippen LogP) is 7.28. The van der Waals surface area contributed by atoms with E-state index in [1.165, 1.54) is 12.5 Å². The summed E-state index contributed by atoms with van der Waals surface area (Å²) < 4.78 is 6.20. The van der Waals surface area contributed by atoms with Crippen molar-refractivity contribution in [2.24, 2.45) is 45.3 Å². The third-order valence-corrected chi connectivity index (χ3v) is 12.4. The molecule has 0 saturated heterocycles. The number of carbonyl (C=O) groups excluding carboxylic acids is 2. The van der Waals surface area contributed by atoms with Crippen molar-refractivity contribution in [3.63, 3.8) is 0 Å². The van der Waals surface area contributed by atoms with Crippen molar-refractivity contribution in [3.05, 3.63) is 11.6 Å². The Morgan fingerprint density at radius 3 is 2.28 bits per heavy atom. The van der Waals surface area contributed by atoms with Crippen molar-refractivity contribution in [1.29, 1.82) is 0 Å². The minimum atomic E-state index is -0.795. The van der Waals surface area contributed by atoms with E-state index in [4.69, 9.17) is 4.74 Å². The van der Waals surface area contributed by atoms with Gasteiger partial charge in [0.05, 0.1) is 5.60 Å². The largest absolute Gasteiger partial charge is 0.462 e. The highest BCUT2D eigenvalue weighted by molar-refractivity contribution is 5.85. The standard InChI is InChI=1S/C32H52O4/c1-20(2)11-10-15-32(9,35)22-12-17-31(8)27(22)23(36-21(3)33)19-25-29(6)16-14-26(34)28(4,5)24(29)13-18-30(25,31)7/h11,22-25,27,35H,10,12-19H2,1-9H3/t22-,23?,24-,25+,27-,29-,30+,31+,32-/m0/s1. The summed E-state index contributed by atoms with van der Waals surface area (Å²) in [6.45, 7) is 19.5. The first kappa shape index (κ1) is 27.9. The summed E-state index contributed by atoms with van der Waals surface area (Å²) in [4.78, 5) is 25.4. The molecule has 4 nitrogen and oxygen atoms in total. The molecule has 4 fully saturated rings. The number of fused-ring (bicyclic) bond motifs is 5. The molecule has 204 valence electrons. The van der Waals surface area contributed by atoms with Crippen molar-refractivity contribution in [2.75, 3.05) is 0 Å². The number of ether oxygens (including phenoxy) is 1. The van der Waals surface area contributed by atoms with Gasteiger partial charge in [-0.1, -0.05) is 46.3 Å². The number of hydrogen-bond acceptors (Lipinski definition) is 4. The molecule has 36 heavy (non-hydrogen) atoms. The minimum Gasteiger partial charge on any atom is -0.462 e. The summed E-state index contributed by atoms with van der Waals surface area (Å²) in [6, 6.07) is 0. The lowest BCUT2D eigenvalue weighted by Gasteiger charge is -2.70. The zero-order chi connectivity index (χ0) is 26.9. The monoisotopic (exact) mass is 500 g/mol. The molecule has 4 aliphatic carbocycles. The molecule has 4 aliphatic rings. The Hall–Kier alpha value is -1.16. The Kier molecular flexibility index (Phi) is 6.93. The van der Waals surface area contributed by atoms with Gasteiger partial charge in [-0.25, -0.2) is 0 Å². The molecule has 0 amide bonds. The number of ketones is 1. The van der Waals surface area contributed by atoms with Crippen molar-refractivity contribution < 1.29 is 19.4 Å². The second-order valence-electron chi connectivity index (χ2n) is 14.9. The molecule has 0 heterocycles. The van der Waals surface area contributed by atoms with Crippen molar-refractivity contribution >= 4 is 11.8 Å². The molecule has 0 spiro atoms. The average Bonchev–Trinajstić information content (AvgIpc) is 3.12. The fraction of sp³-hybridized carbons (Fsp3) is 0.875. The van der Waals surface area contributed by atoms with E-state index in [-0.39, 0.29) is 45.6 Å². The van der Waals surface area contributed by atoms with Crippen LogP contribution in [0.3, 0.4) is 0 Å². The van der Waals surface area contributed by atoms with Gasteiger partial charge in [0, 0.05) is 24.7 Å². The minimum absolute atomic E-state index is 0.0131. The van der Waals surface area contributed by atoms with Gasteiger partial charge in [0.1, 0.15) is 11.9 Å². The van der Waals surface area contributed by atoms with E-state index < -0.39 is 5.60 Å². The molecule has 0 aliphatic heterocycles. The van der Waals surface area contributed by atoms with Gasteiger partial charge < -0.3 is 9.84 Å². The fourth-order valence-corrected chi connectivity index (χ4v) is 10.4. The highest BCUT2D eigenvalue weighted by Crippen LogP contribution is 2.75. The van der Waals surface area contributed by atoms with Gasteiger partial charge in [-0.05, 0) is 106 Å². The smallest absolute Gasteiger partial charge is 0.302 e. The van der Waals surface area contributed by atoms with Crippen LogP contribution in [-0.4, -0.2) is 28.6 Å². The van der Waals surface area contributed by atoms with Crippen LogP contribution in [0.4, 0.5) is 0 Å². The summed E-state index contributed by atoms with van der Waals surface area (Å²) in [5.41, 5.74) is 0.334. The van der Waals surface area contributed by atoms with Crippen molar-refractivity contribution in [1.82, 2.24) is 0 Å². The molecule has 0 radical (unpaired) electrons. The third-order valence-electron chi connectivity index (χ3n) is 12.4. The number of allylic oxidation sites excluding steroid dienone is 2. The number of carbonyl (C=O) groups is 2. The van der Waals surface area contributed by atoms with E-state index in [0.717, 1.165) is 51.4 Å². The maximum atomic E-state index is 13.0. The summed E-state index contributed by atoms with van der Waals surface area (Å²) >= 11 is 0. The van der Waals surface area contributed by atoms with Crippen LogP contribution in [0.2, 0.25) is 0 Å². The highest BCUT2D eigenvalue weighted by atomic mass is 16.5. The lowest BCUT2D eigenvalue weighted by Crippen LogP contribution is -2.66. The SMILES string of the molecule is CC(=O)OC1C[C@@H]2[C@@]3(C)CCC(=O)C(C)(C)[C@@H]3CC[C@@]2(C)[C@]2(C)CC[C@H]([C@@](C)(O)CCC=C(C)C)[C@@H]12. The van der Waals surface area contributed by atoms with Crippen LogP contribution < -0.4 is 0 Å². The summed E-state index contributed by atoms with van der Waals surface area (Å²) in [6.07, 6.45) is 10.4. The van der Waals surface area contributed by atoms with Gasteiger partial charge in [0.25, 0.3) is 0 Å². The zero-order valence-corrected chi connectivity index (χ0v) is 24.5. The molecule has 4 saturated carbocycles. The molecule has 0 aromatic carbocycles. The predicted molar refractivity (Wildman–Crippen MR) is 144 cm³/mol. The molecule has 0 bridgehead atoms. The van der Waals surface area contributed by atoms with Crippen LogP contribution in [0, 0.1) is 45.3 Å². The van der Waals surface area contributed by atoms with Gasteiger partial charge in [-0.3, -0.25) is 9.59 Å². The van der Waals surface area contributed by atoms with E-state index in [1.807, 2.05) is 6.92 Å². The quantitative estimate of drug-likeness (QED) is 0.318. The first-order valence-corrected chi connectivity index (χ1v) is 14.6. The lowest BCUT2D eigenvalue weighted by atomic mass is 9.35. The number of esters is 1. The molecule has 4 heteroatoms. The van der Waals surface area contributed by atoms with Gasteiger partial charge in [-0.2, -0.15) is 0 Å². The van der Waals surface area contributed by atoms with E-state index >= 15 is 0 Å². The van der Waals surface area contributed by atoms with Crippen molar-refractivity contribution in [2.45, 2.75) is 132 Å². The molecule has 1 unspecified atom stereocenters. The summed E-state index contributed by atoms with van der Waals surface area (Å²) in [5, 5.41) is 11.8. The topological polar surface area (TPSA) is 63.6 Å². The van der Waals surface area contributed by atoms with E-state index in [2.05, 4.69) is 54.5 Å². The molecule has 9 atom stereocenters. The Morgan fingerprint density at radius 1 is 1.03 bits per heavy atom. The lowest BCUT2D eigenvalue weighted by molar-refractivity contribution is -0.237. The Balaban J connectivity index is 1.75. The normalized spacial score (nSPS) is 45.1. The van der Waals surface area contributed by atoms with Crippen LogP contribution in [0.1, 0.15) is 120 Å². The fourth-order valence-electron chi connectivity index (χ4n) is 10.4. The van der Waals surface area contributed by atoms with Gasteiger partial charge in [0.15, 0.2) is 0 Å². The highest BCUT2D eigenvalue weighted by Gasteiger charge is 2.72. The van der Waals surface area contributed by atoms with Crippen molar-refractivity contribution in [3.8, 4) is 0 Å². The van der Waals surface area contributed by atoms with Gasteiger partial charge >= 0.3 is 5.97 Å². The molecular weight excluding hydrogens is 448 g/mol. The molecule has 1 N–H and O–H groups in total. The van der Waals surface area contributed by atoms with Gasteiger partial charge in [0.2, 0.25) is 0 Å². The average molecular weight is 501 g/mol.